The van der Waals surface area contributed by atoms with Crippen LogP contribution < -0.4 is 10.6 Å². The summed E-state index contributed by atoms with van der Waals surface area (Å²) >= 11 is 0. The van der Waals surface area contributed by atoms with E-state index >= 15 is 0 Å². The molecule has 2 N–H and O–H groups in total. The molecule has 0 saturated carbocycles. The molecule has 0 aromatic rings. The van der Waals surface area contributed by atoms with Crippen molar-refractivity contribution >= 4 is 12.1 Å². The van der Waals surface area contributed by atoms with Crippen LogP contribution in [0.25, 0.3) is 0 Å². The Kier molecular flexibility index (Phi) is 6.91. The smallest absolute Gasteiger partial charge is 0.410 e. The zero-order valence-corrected chi connectivity index (χ0v) is 15.2. The van der Waals surface area contributed by atoms with Gasteiger partial charge < -0.3 is 20.3 Å². The molecular formula is C17H31N3O3. The van der Waals surface area contributed by atoms with Crippen molar-refractivity contribution < 1.29 is 14.3 Å². The van der Waals surface area contributed by atoms with Crippen LogP contribution in [0.3, 0.4) is 0 Å². The van der Waals surface area contributed by atoms with Crippen molar-refractivity contribution in [2.24, 2.45) is 5.92 Å². The predicted octanol–water partition coefficient (Wildman–Crippen LogP) is 3.24. The van der Waals surface area contributed by atoms with Crippen molar-refractivity contribution in [3.8, 4) is 0 Å². The van der Waals surface area contributed by atoms with E-state index in [1.165, 1.54) is 0 Å². The van der Waals surface area contributed by atoms with Crippen molar-refractivity contribution in [1.29, 1.82) is 0 Å². The second kappa shape index (κ2) is 8.22. The first-order valence-electron chi connectivity index (χ1n) is 8.30. The van der Waals surface area contributed by atoms with Gasteiger partial charge in [0.1, 0.15) is 5.60 Å². The van der Waals surface area contributed by atoms with Crippen LogP contribution in [0.4, 0.5) is 9.59 Å². The quantitative estimate of drug-likeness (QED) is 0.837. The third-order valence-corrected chi connectivity index (χ3v) is 3.82. The molecule has 0 spiro atoms. The Hall–Kier alpha value is -1.72. The average Bonchev–Trinajstić information content (AvgIpc) is 2.43. The maximum absolute atomic E-state index is 12.0. The minimum Gasteiger partial charge on any atom is -0.444 e. The molecule has 1 fully saturated rings. The summed E-state index contributed by atoms with van der Waals surface area (Å²) in [5.41, 5.74) is 0.645. The minimum absolute atomic E-state index is 0.0847. The van der Waals surface area contributed by atoms with E-state index < -0.39 is 5.60 Å². The molecule has 0 aliphatic carbocycles. The summed E-state index contributed by atoms with van der Waals surface area (Å²) in [5.74, 6) is 0.410. The van der Waals surface area contributed by atoms with E-state index in [1.54, 1.807) is 11.1 Å². The van der Waals surface area contributed by atoms with Crippen molar-refractivity contribution in [3.05, 3.63) is 11.8 Å². The molecule has 23 heavy (non-hydrogen) atoms. The number of rotatable bonds is 3. The lowest BCUT2D eigenvalue weighted by molar-refractivity contribution is 0.0201. The third kappa shape index (κ3) is 7.39. The van der Waals surface area contributed by atoms with Crippen LogP contribution in [-0.2, 0) is 4.74 Å². The molecule has 6 nitrogen and oxygen atoms in total. The lowest BCUT2D eigenvalue weighted by Gasteiger charge is -2.33. The first-order chi connectivity index (χ1) is 10.6. The van der Waals surface area contributed by atoms with E-state index in [4.69, 9.17) is 4.74 Å². The number of ether oxygens (including phenoxy) is 1. The molecule has 6 heteroatoms. The monoisotopic (exact) mass is 325 g/mol. The Bertz CT molecular complexity index is 444. The van der Waals surface area contributed by atoms with Crippen molar-refractivity contribution in [3.63, 3.8) is 0 Å². The minimum atomic E-state index is -0.479. The molecule has 1 aliphatic heterocycles. The molecule has 0 atom stereocenters. The van der Waals surface area contributed by atoms with Gasteiger partial charge in [0.15, 0.2) is 0 Å². The van der Waals surface area contributed by atoms with E-state index in [0.29, 0.717) is 19.0 Å². The van der Waals surface area contributed by atoms with E-state index in [0.717, 1.165) is 18.4 Å². The number of nitrogens with zero attached hydrogens (tertiary/aromatic N) is 1. The average molecular weight is 325 g/mol. The molecule has 0 aromatic heterocycles. The molecule has 0 bridgehead atoms. The van der Waals surface area contributed by atoms with Gasteiger partial charge in [-0.05, 0) is 46.5 Å². The van der Waals surface area contributed by atoms with Gasteiger partial charge in [-0.3, -0.25) is 0 Å². The molecule has 1 heterocycles. The highest BCUT2D eigenvalue weighted by molar-refractivity contribution is 5.75. The Morgan fingerprint density at radius 3 is 2.26 bits per heavy atom. The largest absolute Gasteiger partial charge is 0.444 e. The summed E-state index contributed by atoms with van der Waals surface area (Å²) in [6.45, 7) is 12.9. The standard InChI is InChI=1S/C17H31N3O3/c1-12(2)13(3)11-18-15(21)19-14-7-9-20(10-8-14)16(22)23-17(4,5)6/h11-12,14H,7-10H2,1-6H3,(H2,18,19,21)/b13-11+. The molecule has 132 valence electrons. The van der Waals surface area contributed by atoms with Crippen LogP contribution in [0.5, 0.6) is 0 Å². The summed E-state index contributed by atoms with van der Waals surface area (Å²) in [4.78, 5) is 25.5. The highest BCUT2D eigenvalue weighted by Crippen LogP contribution is 2.15. The molecule has 0 radical (unpaired) electrons. The Morgan fingerprint density at radius 1 is 1.22 bits per heavy atom. The highest BCUT2D eigenvalue weighted by Gasteiger charge is 2.27. The van der Waals surface area contributed by atoms with E-state index in [2.05, 4.69) is 24.5 Å². The zero-order chi connectivity index (χ0) is 17.6. The fourth-order valence-corrected chi connectivity index (χ4v) is 2.11. The second-order valence-electron chi connectivity index (χ2n) is 7.40. The highest BCUT2D eigenvalue weighted by atomic mass is 16.6. The normalized spacial score (nSPS) is 17.2. The Morgan fingerprint density at radius 2 is 1.78 bits per heavy atom. The van der Waals surface area contributed by atoms with Gasteiger partial charge in [0.25, 0.3) is 0 Å². The van der Waals surface area contributed by atoms with Crippen LogP contribution >= 0.6 is 0 Å². The summed E-state index contributed by atoms with van der Waals surface area (Å²) in [7, 11) is 0. The fraction of sp³-hybridized carbons (Fsp3) is 0.765. The lowest BCUT2D eigenvalue weighted by Crippen LogP contribution is -2.49. The topological polar surface area (TPSA) is 70.7 Å². The maximum atomic E-state index is 12.0. The second-order valence-corrected chi connectivity index (χ2v) is 7.40. The number of carbonyl (C=O) groups excluding carboxylic acids is 2. The number of likely N-dealkylation sites (tertiary alicyclic amines) is 1. The Balaban J connectivity index is 2.35. The third-order valence-electron chi connectivity index (χ3n) is 3.82. The number of nitrogens with one attached hydrogen (secondary N) is 2. The van der Waals surface area contributed by atoms with Gasteiger partial charge in [-0.25, -0.2) is 9.59 Å². The SMILES string of the molecule is C/C(=C\NC(=O)NC1CCN(C(=O)OC(C)(C)C)CC1)C(C)C. The summed E-state index contributed by atoms with van der Waals surface area (Å²) in [6.07, 6.45) is 2.94. The number of hydrogen-bond acceptors (Lipinski definition) is 3. The fourth-order valence-electron chi connectivity index (χ4n) is 2.11. The van der Waals surface area contributed by atoms with Gasteiger partial charge in [-0.15, -0.1) is 0 Å². The molecule has 1 aliphatic rings. The molecular weight excluding hydrogens is 294 g/mol. The lowest BCUT2D eigenvalue weighted by atomic mass is 10.1. The maximum Gasteiger partial charge on any atom is 0.410 e. The molecule has 0 unspecified atom stereocenters. The van der Waals surface area contributed by atoms with Gasteiger partial charge in [0, 0.05) is 25.3 Å². The van der Waals surface area contributed by atoms with Gasteiger partial charge in [0.2, 0.25) is 0 Å². The molecule has 1 rings (SSSR count). The number of urea groups is 1. The van der Waals surface area contributed by atoms with Gasteiger partial charge in [0.05, 0.1) is 0 Å². The van der Waals surface area contributed by atoms with Gasteiger partial charge in [-0.2, -0.15) is 0 Å². The number of piperidine rings is 1. The number of allylic oxidation sites excluding steroid dienone is 1. The van der Waals surface area contributed by atoms with Crippen molar-refractivity contribution in [1.82, 2.24) is 15.5 Å². The Labute approximate surface area is 139 Å². The van der Waals surface area contributed by atoms with Crippen LogP contribution in [-0.4, -0.2) is 41.8 Å². The van der Waals surface area contributed by atoms with E-state index in [9.17, 15) is 9.59 Å². The summed E-state index contributed by atoms with van der Waals surface area (Å²) in [6, 6.07) is -0.109. The molecule has 1 saturated heterocycles. The molecule has 0 aromatic carbocycles. The van der Waals surface area contributed by atoms with Gasteiger partial charge >= 0.3 is 12.1 Å². The zero-order valence-electron chi connectivity index (χ0n) is 15.2. The van der Waals surface area contributed by atoms with Crippen LogP contribution in [0, 0.1) is 5.92 Å². The number of amides is 3. The van der Waals surface area contributed by atoms with Crippen molar-refractivity contribution in [2.75, 3.05) is 13.1 Å². The number of hydrogen-bond donors (Lipinski definition) is 2. The van der Waals surface area contributed by atoms with E-state index in [1.807, 2.05) is 27.7 Å². The predicted molar refractivity (Wildman–Crippen MR) is 91.1 cm³/mol. The summed E-state index contributed by atoms with van der Waals surface area (Å²) < 4.78 is 5.36. The van der Waals surface area contributed by atoms with Crippen LogP contribution in [0.15, 0.2) is 11.8 Å². The first-order valence-corrected chi connectivity index (χ1v) is 8.30. The van der Waals surface area contributed by atoms with Crippen LogP contribution in [0.2, 0.25) is 0 Å². The number of carbonyl (C=O) groups is 2. The molecule has 3 amide bonds. The van der Waals surface area contributed by atoms with Gasteiger partial charge in [-0.1, -0.05) is 19.4 Å². The van der Waals surface area contributed by atoms with Crippen LogP contribution in [0.1, 0.15) is 54.4 Å². The summed E-state index contributed by atoms with van der Waals surface area (Å²) in [5, 5.41) is 5.71. The van der Waals surface area contributed by atoms with Crippen molar-refractivity contribution in [2.45, 2.75) is 66.0 Å². The van der Waals surface area contributed by atoms with E-state index in [-0.39, 0.29) is 18.2 Å². The first kappa shape index (κ1) is 19.3.